The van der Waals surface area contributed by atoms with Crippen LogP contribution in [0.5, 0.6) is 5.75 Å². The van der Waals surface area contributed by atoms with Gasteiger partial charge in [0.15, 0.2) is 5.75 Å². The molecule has 0 aromatic heterocycles. The Morgan fingerprint density at radius 3 is 2.13 bits per heavy atom. The summed E-state index contributed by atoms with van der Waals surface area (Å²) in [7, 11) is 0. The van der Waals surface area contributed by atoms with Gasteiger partial charge in [-0.2, -0.15) is 0 Å². The minimum Gasteiger partial charge on any atom is -0.504 e. The number of hydrogen-bond acceptors (Lipinski definition) is 2. The van der Waals surface area contributed by atoms with Crippen molar-refractivity contribution in [1.82, 2.24) is 0 Å². The van der Waals surface area contributed by atoms with Crippen LogP contribution in [-0.2, 0) is 6.42 Å². The molecule has 0 bridgehead atoms. The first-order valence-corrected chi connectivity index (χ1v) is 7.61. The van der Waals surface area contributed by atoms with Gasteiger partial charge in [-0.1, -0.05) is 60.7 Å². The van der Waals surface area contributed by atoms with Gasteiger partial charge in [0.2, 0.25) is 5.43 Å². The number of aromatic hydroxyl groups is 1. The zero-order valence-electron chi connectivity index (χ0n) is 13.0. The summed E-state index contributed by atoms with van der Waals surface area (Å²) in [6, 6.07) is 23.4. The van der Waals surface area contributed by atoms with Crippen molar-refractivity contribution in [2.75, 3.05) is 0 Å². The van der Waals surface area contributed by atoms with Crippen molar-refractivity contribution in [3.8, 4) is 16.9 Å². The highest BCUT2D eigenvalue weighted by atomic mass is 16.3. The van der Waals surface area contributed by atoms with Crippen molar-refractivity contribution in [3.05, 3.63) is 99.7 Å². The number of aryl methyl sites for hydroxylation is 1. The molecule has 0 aliphatic rings. The maximum absolute atomic E-state index is 12.2. The first-order chi connectivity index (χ1) is 11.1. The highest BCUT2D eigenvalue weighted by Gasteiger charge is 2.10. The first-order valence-electron chi connectivity index (χ1n) is 7.61. The average molecular weight is 302 g/mol. The summed E-state index contributed by atoms with van der Waals surface area (Å²) >= 11 is 0. The molecule has 0 fully saturated rings. The fraction of sp³-hybridized carbons (Fsp3) is 0.0952. The van der Waals surface area contributed by atoms with Gasteiger partial charge in [-0.15, -0.1) is 0 Å². The van der Waals surface area contributed by atoms with Gasteiger partial charge in [0, 0.05) is 0 Å². The molecule has 3 aromatic rings. The van der Waals surface area contributed by atoms with Crippen LogP contribution >= 0.6 is 0 Å². The van der Waals surface area contributed by atoms with Crippen LogP contribution in [0.15, 0.2) is 77.6 Å². The van der Waals surface area contributed by atoms with E-state index < -0.39 is 0 Å². The lowest BCUT2D eigenvalue weighted by Crippen LogP contribution is -1.98. The Hall–Kier alpha value is -2.87. The molecular formula is C21H18O2. The van der Waals surface area contributed by atoms with Crippen molar-refractivity contribution in [3.63, 3.8) is 0 Å². The van der Waals surface area contributed by atoms with Crippen LogP contribution < -0.4 is 5.43 Å². The molecular weight excluding hydrogens is 284 g/mol. The summed E-state index contributed by atoms with van der Waals surface area (Å²) in [6.45, 7) is 1.76. The fourth-order valence-corrected chi connectivity index (χ4v) is 2.72. The second-order valence-corrected chi connectivity index (χ2v) is 5.65. The number of hydrogen-bond donors (Lipinski definition) is 1. The van der Waals surface area contributed by atoms with Gasteiger partial charge >= 0.3 is 0 Å². The SMILES string of the molecule is Cc1cc(-c2ccccc2)c(Cc2ccccc2)cc(=O)c1O. The summed E-state index contributed by atoms with van der Waals surface area (Å²) in [5.74, 6) is -0.179. The van der Waals surface area contributed by atoms with Crippen LogP contribution in [-0.4, -0.2) is 5.11 Å². The van der Waals surface area contributed by atoms with Crippen LogP contribution in [0.25, 0.3) is 11.1 Å². The van der Waals surface area contributed by atoms with E-state index in [1.165, 1.54) is 0 Å². The Morgan fingerprint density at radius 2 is 1.48 bits per heavy atom. The molecule has 0 aliphatic heterocycles. The van der Waals surface area contributed by atoms with E-state index in [4.69, 9.17) is 0 Å². The zero-order chi connectivity index (χ0) is 16.2. The highest BCUT2D eigenvalue weighted by molar-refractivity contribution is 5.69. The normalized spacial score (nSPS) is 10.5. The molecule has 2 nitrogen and oxygen atoms in total. The Balaban J connectivity index is 2.22. The van der Waals surface area contributed by atoms with E-state index >= 15 is 0 Å². The van der Waals surface area contributed by atoms with Gasteiger partial charge in [-0.3, -0.25) is 4.79 Å². The van der Waals surface area contributed by atoms with Crippen molar-refractivity contribution in [2.45, 2.75) is 13.3 Å². The topological polar surface area (TPSA) is 37.3 Å². The minimum atomic E-state index is -0.337. The summed E-state index contributed by atoms with van der Waals surface area (Å²) in [5, 5.41) is 10.0. The predicted molar refractivity (Wildman–Crippen MR) is 93.8 cm³/mol. The molecule has 0 amide bonds. The molecule has 0 aliphatic carbocycles. The van der Waals surface area contributed by atoms with Crippen molar-refractivity contribution < 1.29 is 5.11 Å². The number of benzene rings is 2. The van der Waals surface area contributed by atoms with E-state index in [0.29, 0.717) is 12.0 Å². The second kappa shape index (κ2) is 6.49. The van der Waals surface area contributed by atoms with Crippen molar-refractivity contribution >= 4 is 0 Å². The van der Waals surface area contributed by atoms with E-state index in [2.05, 4.69) is 0 Å². The molecule has 23 heavy (non-hydrogen) atoms. The first kappa shape index (κ1) is 15.0. The van der Waals surface area contributed by atoms with Gasteiger partial charge in [0.25, 0.3) is 0 Å². The Bertz CT molecular complexity index is 869. The lowest BCUT2D eigenvalue weighted by molar-refractivity contribution is 0.467. The monoisotopic (exact) mass is 302 g/mol. The van der Waals surface area contributed by atoms with Crippen LogP contribution in [0.2, 0.25) is 0 Å². The summed E-state index contributed by atoms with van der Waals surface area (Å²) in [6.07, 6.45) is 0.647. The van der Waals surface area contributed by atoms with Crippen LogP contribution in [0.4, 0.5) is 0 Å². The van der Waals surface area contributed by atoms with Crippen molar-refractivity contribution in [2.24, 2.45) is 0 Å². The molecule has 0 saturated carbocycles. The molecule has 0 heterocycles. The molecule has 0 radical (unpaired) electrons. The van der Waals surface area contributed by atoms with Crippen molar-refractivity contribution in [1.29, 1.82) is 0 Å². The summed E-state index contributed by atoms with van der Waals surface area (Å²) in [5.41, 5.74) is 4.31. The Morgan fingerprint density at radius 1 is 0.870 bits per heavy atom. The largest absolute Gasteiger partial charge is 0.504 e. The van der Waals surface area contributed by atoms with Gasteiger partial charge in [-0.05, 0) is 53.3 Å². The second-order valence-electron chi connectivity index (χ2n) is 5.65. The fourth-order valence-electron chi connectivity index (χ4n) is 2.72. The molecule has 3 aromatic carbocycles. The molecule has 0 unspecified atom stereocenters. The molecule has 0 saturated heterocycles. The predicted octanol–water partition coefficient (Wildman–Crippen LogP) is 4.32. The van der Waals surface area contributed by atoms with Gasteiger partial charge in [0.05, 0.1) is 0 Å². The van der Waals surface area contributed by atoms with Crippen LogP contribution in [0.3, 0.4) is 0 Å². The zero-order valence-corrected chi connectivity index (χ0v) is 13.0. The number of rotatable bonds is 3. The summed E-state index contributed by atoms with van der Waals surface area (Å²) in [4.78, 5) is 12.2. The molecule has 2 heteroatoms. The third-order valence-electron chi connectivity index (χ3n) is 3.94. The molecule has 0 atom stereocenters. The maximum atomic E-state index is 12.2. The molecule has 114 valence electrons. The van der Waals surface area contributed by atoms with Gasteiger partial charge < -0.3 is 5.11 Å². The lowest BCUT2D eigenvalue weighted by atomic mass is 9.96. The smallest absolute Gasteiger partial charge is 0.220 e. The van der Waals surface area contributed by atoms with Gasteiger partial charge in [0.1, 0.15) is 0 Å². The molecule has 0 spiro atoms. The highest BCUT2D eigenvalue weighted by Crippen LogP contribution is 2.27. The van der Waals surface area contributed by atoms with Gasteiger partial charge in [-0.25, -0.2) is 0 Å². The standard InChI is InChI=1S/C21H18O2/c1-15-12-19(17-10-6-3-7-11-17)18(14-20(22)21(15)23)13-16-8-4-2-5-9-16/h2-12,14H,13H2,1H3,(H,22,23). The molecule has 3 rings (SSSR count). The quantitative estimate of drug-likeness (QED) is 0.782. The summed E-state index contributed by atoms with van der Waals surface area (Å²) < 4.78 is 0. The van der Waals surface area contributed by atoms with E-state index in [0.717, 1.165) is 22.3 Å². The third kappa shape index (κ3) is 3.32. The van der Waals surface area contributed by atoms with E-state index in [-0.39, 0.29) is 11.2 Å². The van der Waals surface area contributed by atoms with Crippen LogP contribution in [0.1, 0.15) is 16.7 Å². The third-order valence-corrected chi connectivity index (χ3v) is 3.94. The van der Waals surface area contributed by atoms with Crippen LogP contribution in [0, 0.1) is 6.92 Å². The maximum Gasteiger partial charge on any atom is 0.220 e. The average Bonchev–Trinajstić information content (AvgIpc) is 2.69. The minimum absolute atomic E-state index is 0.179. The lowest BCUT2D eigenvalue weighted by Gasteiger charge is -2.07. The Kier molecular flexibility index (Phi) is 4.24. The molecule has 1 N–H and O–H groups in total. The van der Waals surface area contributed by atoms with E-state index in [1.807, 2.05) is 66.7 Å². The van der Waals surface area contributed by atoms with E-state index in [1.54, 1.807) is 13.0 Å². The van der Waals surface area contributed by atoms with E-state index in [9.17, 15) is 9.90 Å². The Labute approximate surface area is 135 Å².